The second-order valence-corrected chi connectivity index (χ2v) is 6.06. The van der Waals surface area contributed by atoms with Crippen LogP contribution >= 0.6 is 0 Å². The van der Waals surface area contributed by atoms with Crippen molar-refractivity contribution < 1.29 is 18.1 Å². The molecule has 9 nitrogen and oxygen atoms in total. The minimum Gasteiger partial charge on any atom is -0.387 e. The zero-order valence-electron chi connectivity index (χ0n) is 11.5. The fourth-order valence-corrected chi connectivity index (χ4v) is 2.12. The summed E-state index contributed by atoms with van der Waals surface area (Å²) in [5, 5.41) is 15.9. The number of non-ortho nitro benzene ring substituents is 1. The van der Waals surface area contributed by atoms with Gasteiger partial charge in [0.25, 0.3) is 11.6 Å². The minimum atomic E-state index is -3.42. The molecule has 1 amide bonds. The predicted octanol–water partition coefficient (Wildman–Crippen LogP) is -0.0845. The summed E-state index contributed by atoms with van der Waals surface area (Å²) in [6.07, 6.45) is 0. The van der Waals surface area contributed by atoms with Crippen LogP contribution in [0.5, 0.6) is 0 Å². The number of benzene rings is 1. The average Bonchev–Trinajstić information content (AvgIpc) is 2.46. The maximum Gasteiger partial charge on any atom is 0.270 e. The molecule has 10 heteroatoms. The van der Waals surface area contributed by atoms with Gasteiger partial charge in [-0.3, -0.25) is 14.9 Å². The minimum absolute atomic E-state index is 0.0774. The van der Waals surface area contributed by atoms with Gasteiger partial charge < -0.3 is 10.6 Å². The fourth-order valence-electron chi connectivity index (χ4n) is 1.55. The van der Waals surface area contributed by atoms with Crippen molar-refractivity contribution in [3.05, 3.63) is 33.9 Å². The first kappa shape index (κ1) is 16.9. The van der Waals surface area contributed by atoms with Crippen molar-refractivity contribution in [1.29, 1.82) is 0 Å². The Bertz CT molecular complexity index is 644. The summed E-state index contributed by atoms with van der Waals surface area (Å²) in [6, 6.07) is 3.82. The smallest absolute Gasteiger partial charge is 0.270 e. The summed E-state index contributed by atoms with van der Waals surface area (Å²) in [4.78, 5) is 22.1. The number of sulfonamides is 1. The van der Waals surface area contributed by atoms with Crippen LogP contribution in [0.1, 0.15) is 10.4 Å². The second-order valence-electron chi connectivity index (χ2n) is 4.02. The van der Waals surface area contributed by atoms with E-state index in [2.05, 4.69) is 15.4 Å². The van der Waals surface area contributed by atoms with E-state index in [1.807, 2.05) is 0 Å². The molecule has 116 valence electrons. The lowest BCUT2D eigenvalue weighted by atomic mass is 10.1. The number of hydrogen-bond acceptors (Lipinski definition) is 6. The number of nitro benzene ring substituents is 1. The summed E-state index contributed by atoms with van der Waals surface area (Å²) in [7, 11) is -0.576. The number of amides is 1. The van der Waals surface area contributed by atoms with E-state index in [1.54, 1.807) is 7.05 Å². The topological polar surface area (TPSA) is 130 Å². The van der Waals surface area contributed by atoms with Gasteiger partial charge in [-0.2, -0.15) is 0 Å². The van der Waals surface area contributed by atoms with Gasteiger partial charge in [-0.1, -0.05) is 0 Å². The van der Waals surface area contributed by atoms with E-state index in [4.69, 9.17) is 0 Å². The first-order valence-electron chi connectivity index (χ1n) is 5.96. The molecule has 0 aliphatic carbocycles. The van der Waals surface area contributed by atoms with Crippen LogP contribution in [0, 0.1) is 10.1 Å². The van der Waals surface area contributed by atoms with Crippen LogP contribution < -0.4 is 15.4 Å². The molecule has 0 unspecified atom stereocenters. The van der Waals surface area contributed by atoms with E-state index >= 15 is 0 Å². The Hall–Kier alpha value is -2.20. The van der Waals surface area contributed by atoms with E-state index in [1.165, 1.54) is 19.2 Å². The highest BCUT2D eigenvalue weighted by Gasteiger charge is 2.16. The average molecular weight is 316 g/mol. The zero-order valence-corrected chi connectivity index (χ0v) is 12.4. The van der Waals surface area contributed by atoms with Crippen molar-refractivity contribution in [1.82, 2.24) is 10.0 Å². The van der Waals surface area contributed by atoms with Gasteiger partial charge in [0.15, 0.2) is 0 Å². The highest BCUT2D eigenvalue weighted by molar-refractivity contribution is 7.89. The third-order valence-electron chi connectivity index (χ3n) is 2.70. The highest BCUT2D eigenvalue weighted by atomic mass is 32.2. The Labute approximate surface area is 121 Å². The van der Waals surface area contributed by atoms with Crippen LogP contribution in [0.15, 0.2) is 18.2 Å². The van der Waals surface area contributed by atoms with Crippen LogP contribution in [0.3, 0.4) is 0 Å². The third kappa shape index (κ3) is 4.68. The van der Waals surface area contributed by atoms with Gasteiger partial charge in [-0.25, -0.2) is 13.1 Å². The zero-order chi connectivity index (χ0) is 16.0. The van der Waals surface area contributed by atoms with Crippen LogP contribution in [-0.4, -0.2) is 45.6 Å². The molecule has 0 aliphatic heterocycles. The molecule has 1 aromatic carbocycles. The van der Waals surface area contributed by atoms with Crippen LogP contribution in [-0.2, 0) is 10.0 Å². The second kappa shape index (κ2) is 6.99. The lowest BCUT2D eigenvalue weighted by Crippen LogP contribution is -2.33. The number of hydrogen-bond donors (Lipinski definition) is 3. The van der Waals surface area contributed by atoms with E-state index in [0.717, 1.165) is 6.07 Å². The lowest BCUT2D eigenvalue weighted by Gasteiger charge is -2.09. The van der Waals surface area contributed by atoms with Crippen molar-refractivity contribution in [2.24, 2.45) is 0 Å². The lowest BCUT2D eigenvalue weighted by molar-refractivity contribution is -0.384. The molecule has 0 saturated carbocycles. The number of rotatable bonds is 7. The summed E-state index contributed by atoms with van der Waals surface area (Å²) < 4.78 is 24.6. The third-order valence-corrected chi connectivity index (χ3v) is 4.06. The molecule has 0 saturated heterocycles. The van der Waals surface area contributed by atoms with Crippen molar-refractivity contribution in [2.45, 2.75) is 0 Å². The maximum absolute atomic E-state index is 12.0. The van der Waals surface area contributed by atoms with Crippen LogP contribution in [0.2, 0.25) is 0 Å². The van der Waals surface area contributed by atoms with Gasteiger partial charge >= 0.3 is 0 Å². The standard InChI is InChI=1S/C11H16N4O5S/c1-12-10-4-3-8(15(17)18)7-9(10)11(16)14-5-6-21(19,20)13-2/h3-4,7,12-13H,5-6H2,1-2H3,(H,14,16). The quantitative estimate of drug-likeness (QED) is 0.476. The predicted molar refractivity (Wildman–Crippen MR) is 77.8 cm³/mol. The molecule has 1 aromatic rings. The molecule has 1 rings (SSSR count). The number of nitrogens with one attached hydrogen (secondary N) is 3. The summed E-state index contributed by atoms with van der Waals surface area (Å²) in [6.45, 7) is -0.103. The number of nitrogens with zero attached hydrogens (tertiary/aromatic N) is 1. The monoisotopic (exact) mass is 316 g/mol. The van der Waals surface area contributed by atoms with Crippen LogP contribution in [0.4, 0.5) is 11.4 Å². The number of nitro groups is 1. The van der Waals surface area contributed by atoms with Crippen molar-refractivity contribution in [3.8, 4) is 0 Å². The van der Waals surface area contributed by atoms with Crippen molar-refractivity contribution in [3.63, 3.8) is 0 Å². The first-order chi connectivity index (χ1) is 9.80. The van der Waals surface area contributed by atoms with E-state index in [0.29, 0.717) is 5.69 Å². The van der Waals surface area contributed by atoms with Gasteiger partial charge in [-0.15, -0.1) is 0 Å². The molecule has 0 heterocycles. The number of carbonyl (C=O) groups excluding carboxylic acids is 1. The Morgan fingerprint density at radius 3 is 2.52 bits per heavy atom. The van der Waals surface area contributed by atoms with Crippen molar-refractivity contribution >= 4 is 27.3 Å². The molecule has 0 radical (unpaired) electrons. The Morgan fingerprint density at radius 1 is 1.33 bits per heavy atom. The van der Waals surface area contributed by atoms with E-state index in [9.17, 15) is 23.3 Å². The largest absolute Gasteiger partial charge is 0.387 e. The number of anilines is 1. The first-order valence-corrected chi connectivity index (χ1v) is 7.61. The molecule has 0 aliphatic rings. The fraction of sp³-hybridized carbons (Fsp3) is 0.364. The SMILES string of the molecule is CNc1ccc([N+](=O)[O-])cc1C(=O)NCCS(=O)(=O)NC. The van der Waals surface area contributed by atoms with Crippen LogP contribution in [0.25, 0.3) is 0 Å². The molecule has 0 fully saturated rings. The van der Waals surface area contributed by atoms with Gasteiger partial charge in [0.1, 0.15) is 0 Å². The Balaban J connectivity index is 2.86. The molecular formula is C11H16N4O5S. The Morgan fingerprint density at radius 2 is 2.00 bits per heavy atom. The van der Waals surface area contributed by atoms with Gasteiger partial charge in [0.05, 0.1) is 16.2 Å². The van der Waals surface area contributed by atoms with Gasteiger partial charge in [0, 0.05) is 31.4 Å². The molecule has 0 bridgehead atoms. The Kier molecular flexibility index (Phi) is 5.61. The maximum atomic E-state index is 12.0. The molecule has 0 spiro atoms. The highest BCUT2D eigenvalue weighted by Crippen LogP contribution is 2.21. The molecule has 0 atom stereocenters. The number of carbonyl (C=O) groups is 1. The van der Waals surface area contributed by atoms with Gasteiger partial charge in [-0.05, 0) is 13.1 Å². The summed E-state index contributed by atoms with van der Waals surface area (Å²) in [5.74, 6) is -0.867. The summed E-state index contributed by atoms with van der Waals surface area (Å²) >= 11 is 0. The molecular weight excluding hydrogens is 300 g/mol. The summed E-state index contributed by atoms with van der Waals surface area (Å²) in [5.41, 5.74) is 0.269. The van der Waals surface area contributed by atoms with Crippen molar-refractivity contribution in [2.75, 3.05) is 31.7 Å². The van der Waals surface area contributed by atoms with Gasteiger partial charge in [0.2, 0.25) is 10.0 Å². The van der Waals surface area contributed by atoms with E-state index in [-0.39, 0.29) is 23.5 Å². The normalized spacial score (nSPS) is 11.0. The molecule has 3 N–H and O–H groups in total. The molecule has 0 aromatic heterocycles. The molecule has 21 heavy (non-hydrogen) atoms. The van der Waals surface area contributed by atoms with E-state index < -0.39 is 20.9 Å².